The lowest BCUT2D eigenvalue weighted by Crippen LogP contribution is -2.26. The number of thiophene rings is 1. The molecule has 0 spiro atoms. The van der Waals surface area contributed by atoms with E-state index in [2.05, 4.69) is 23.8 Å². The summed E-state index contributed by atoms with van der Waals surface area (Å²) in [6, 6.07) is 1.96. The molecule has 20 heavy (non-hydrogen) atoms. The number of aromatic nitrogens is 2. The highest BCUT2D eigenvalue weighted by Gasteiger charge is 2.24. The molecule has 2 atom stereocenters. The van der Waals surface area contributed by atoms with Crippen molar-refractivity contribution in [3.8, 4) is 0 Å². The number of hydrogen-bond acceptors (Lipinski definition) is 5. The third kappa shape index (κ3) is 2.94. The number of nitrogens with zero attached hydrogens (tertiary/aromatic N) is 2. The highest BCUT2D eigenvalue weighted by molar-refractivity contribution is 7.16. The minimum Gasteiger partial charge on any atom is -0.383 e. The molecule has 2 N–H and O–H groups in total. The minimum absolute atomic E-state index is 0.331. The summed E-state index contributed by atoms with van der Waals surface area (Å²) in [4.78, 5) is 9.81. The van der Waals surface area contributed by atoms with Gasteiger partial charge < -0.3 is 10.5 Å². The van der Waals surface area contributed by atoms with Crippen LogP contribution >= 0.6 is 11.3 Å². The Morgan fingerprint density at radius 1 is 1.25 bits per heavy atom. The second-order valence-corrected chi connectivity index (χ2v) is 6.91. The second-order valence-electron chi connectivity index (χ2n) is 6.01. The topological polar surface area (TPSA) is 61.0 Å². The first-order valence-electron chi connectivity index (χ1n) is 7.23. The van der Waals surface area contributed by atoms with Crippen molar-refractivity contribution in [2.45, 2.75) is 45.8 Å². The lowest BCUT2D eigenvalue weighted by molar-refractivity contribution is -0.0117. The van der Waals surface area contributed by atoms with Gasteiger partial charge in [-0.15, -0.1) is 11.3 Å². The second kappa shape index (κ2) is 5.66. The standard InChI is InChI=1S/C15H21N3OS/c1-9-5-10(2)7-11(6-9)19-8-13-17-14(16)12-3-4-20-15(12)18-13/h3-4,9-11H,5-8H2,1-2H3,(H2,16,17,18). The lowest BCUT2D eigenvalue weighted by atomic mass is 9.82. The van der Waals surface area contributed by atoms with Crippen LogP contribution in [0.4, 0.5) is 5.82 Å². The largest absolute Gasteiger partial charge is 0.383 e. The molecular weight excluding hydrogens is 270 g/mol. The maximum Gasteiger partial charge on any atom is 0.158 e. The molecule has 1 aliphatic carbocycles. The van der Waals surface area contributed by atoms with E-state index in [-0.39, 0.29) is 0 Å². The predicted molar refractivity (Wildman–Crippen MR) is 82.6 cm³/mol. The normalized spacial score (nSPS) is 27.0. The van der Waals surface area contributed by atoms with Gasteiger partial charge in [-0.25, -0.2) is 9.97 Å². The smallest absolute Gasteiger partial charge is 0.158 e. The fourth-order valence-corrected chi connectivity index (χ4v) is 3.98. The fraction of sp³-hybridized carbons (Fsp3) is 0.600. The quantitative estimate of drug-likeness (QED) is 0.938. The summed E-state index contributed by atoms with van der Waals surface area (Å²) in [7, 11) is 0. The van der Waals surface area contributed by atoms with Crippen LogP contribution in [-0.2, 0) is 11.3 Å². The molecule has 1 aliphatic rings. The summed E-state index contributed by atoms with van der Waals surface area (Å²) in [5.74, 6) is 2.74. The zero-order valence-corrected chi connectivity index (χ0v) is 12.8. The van der Waals surface area contributed by atoms with Crippen molar-refractivity contribution in [2.75, 3.05) is 5.73 Å². The lowest BCUT2D eigenvalue weighted by Gasteiger charge is -2.31. The molecule has 0 amide bonds. The van der Waals surface area contributed by atoms with Crippen LogP contribution in [0, 0.1) is 11.8 Å². The number of rotatable bonds is 3. The highest BCUT2D eigenvalue weighted by Crippen LogP contribution is 2.31. The fourth-order valence-electron chi connectivity index (χ4n) is 3.19. The van der Waals surface area contributed by atoms with E-state index in [0.29, 0.717) is 24.4 Å². The molecule has 2 aromatic rings. The number of ether oxygens (including phenoxy) is 1. The van der Waals surface area contributed by atoms with E-state index in [1.54, 1.807) is 11.3 Å². The molecular formula is C15H21N3OS. The minimum atomic E-state index is 0.331. The van der Waals surface area contributed by atoms with Gasteiger partial charge in [0.05, 0.1) is 11.5 Å². The molecule has 2 aromatic heterocycles. The van der Waals surface area contributed by atoms with Crippen molar-refractivity contribution >= 4 is 27.4 Å². The average molecular weight is 291 g/mol. The zero-order valence-electron chi connectivity index (χ0n) is 12.0. The number of nitrogens with two attached hydrogens (primary N) is 1. The van der Waals surface area contributed by atoms with Crippen LogP contribution in [0.3, 0.4) is 0 Å². The Kier molecular flexibility index (Phi) is 3.89. The van der Waals surface area contributed by atoms with Crippen LogP contribution in [0.1, 0.15) is 38.9 Å². The van der Waals surface area contributed by atoms with E-state index in [1.807, 2.05) is 11.4 Å². The van der Waals surface area contributed by atoms with Crippen molar-refractivity contribution < 1.29 is 4.74 Å². The van der Waals surface area contributed by atoms with Gasteiger partial charge in [-0.05, 0) is 42.5 Å². The van der Waals surface area contributed by atoms with Crippen LogP contribution in [-0.4, -0.2) is 16.1 Å². The van der Waals surface area contributed by atoms with E-state index in [1.165, 1.54) is 6.42 Å². The molecule has 1 saturated carbocycles. The average Bonchev–Trinajstić information content (AvgIpc) is 2.84. The molecule has 4 nitrogen and oxygen atoms in total. The number of fused-ring (bicyclic) bond motifs is 1. The maximum absolute atomic E-state index is 6.01. The molecule has 3 rings (SSSR count). The Balaban J connectivity index is 1.67. The molecule has 108 valence electrons. The first kappa shape index (κ1) is 13.8. The van der Waals surface area contributed by atoms with Crippen molar-refractivity contribution in [2.24, 2.45) is 11.8 Å². The first-order chi connectivity index (χ1) is 9.61. The Bertz CT molecular complexity index is 588. The van der Waals surface area contributed by atoms with E-state index >= 15 is 0 Å². The van der Waals surface area contributed by atoms with E-state index in [4.69, 9.17) is 10.5 Å². The third-order valence-corrected chi connectivity index (χ3v) is 4.79. The van der Waals surface area contributed by atoms with Gasteiger partial charge in [0.1, 0.15) is 17.3 Å². The van der Waals surface area contributed by atoms with Gasteiger partial charge >= 0.3 is 0 Å². The van der Waals surface area contributed by atoms with Crippen LogP contribution in [0.15, 0.2) is 11.4 Å². The van der Waals surface area contributed by atoms with Gasteiger partial charge in [-0.3, -0.25) is 0 Å². The molecule has 2 unspecified atom stereocenters. The van der Waals surface area contributed by atoms with E-state index < -0.39 is 0 Å². The molecule has 0 bridgehead atoms. The Hall–Kier alpha value is -1.20. The molecule has 2 heterocycles. The predicted octanol–water partition coefficient (Wildman–Crippen LogP) is 3.61. The van der Waals surface area contributed by atoms with Crippen LogP contribution in [0.2, 0.25) is 0 Å². The molecule has 0 radical (unpaired) electrons. The summed E-state index contributed by atoms with van der Waals surface area (Å²) in [5, 5.41) is 2.93. The number of anilines is 1. The first-order valence-corrected chi connectivity index (χ1v) is 8.11. The third-order valence-electron chi connectivity index (χ3n) is 3.98. The van der Waals surface area contributed by atoms with Gasteiger partial charge in [0, 0.05) is 0 Å². The summed E-state index contributed by atoms with van der Waals surface area (Å²) in [5.41, 5.74) is 5.95. The van der Waals surface area contributed by atoms with Crippen molar-refractivity contribution in [1.82, 2.24) is 9.97 Å². The van der Waals surface area contributed by atoms with Crippen LogP contribution in [0.5, 0.6) is 0 Å². The Morgan fingerprint density at radius 2 is 2.00 bits per heavy atom. The van der Waals surface area contributed by atoms with Crippen LogP contribution in [0.25, 0.3) is 10.2 Å². The van der Waals surface area contributed by atoms with Gasteiger partial charge in [0.15, 0.2) is 5.82 Å². The van der Waals surface area contributed by atoms with Gasteiger partial charge in [-0.1, -0.05) is 13.8 Å². The number of nitrogen functional groups attached to an aromatic ring is 1. The summed E-state index contributed by atoms with van der Waals surface area (Å²) < 4.78 is 6.01. The number of hydrogen-bond donors (Lipinski definition) is 1. The van der Waals surface area contributed by atoms with Gasteiger partial charge in [0.25, 0.3) is 0 Å². The van der Waals surface area contributed by atoms with E-state index in [9.17, 15) is 0 Å². The molecule has 5 heteroatoms. The highest BCUT2D eigenvalue weighted by atomic mass is 32.1. The monoisotopic (exact) mass is 291 g/mol. The maximum atomic E-state index is 6.01. The summed E-state index contributed by atoms with van der Waals surface area (Å²) in [6.45, 7) is 5.07. The Morgan fingerprint density at radius 3 is 2.75 bits per heavy atom. The van der Waals surface area contributed by atoms with Crippen LogP contribution < -0.4 is 5.73 Å². The molecule has 0 aliphatic heterocycles. The zero-order chi connectivity index (χ0) is 14.1. The SMILES string of the molecule is CC1CC(C)CC(OCc2nc(N)c3ccsc3n2)C1. The van der Waals surface area contributed by atoms with Gasteiger partial charge in [0.2, 0.25) is 0 Å². The van der Waals surface area contributed by atoms with Gasteiger partial charge in [-0.2, -0.15) is 0 Å². The molecule has 0 aromatic carbocycles. The van der Waals surface area contributed by atoms with Crippen molar-refractivity contribution in [3.63, 3.8) is 0 Å². The van der Waals surface area contributed by atoms with Crippen molar-refractivity contribution in [1.29, 1.82) is 0 Å². The summed E-state index contributed by atoms with van der Waals surface area (Å²) in [6.07, 6.45) is 3.92. The molecule has 1 fully saturated rings. The Labute approximate surface area is 123 Å². The summed E-state index contributed by atoms with van der Waals surface area (Å²) >= 11 is 1.59. The molecule has 0 saturated heterocycles. The van der Waals surface area contributed by atoms with Crippen molar-refractivity contribution in [3.05, 3.63) is 17.3 Å². The van der Waals surface area contributed by atoms with E-state index in [0.717, 1.165) is 34.9 Å².